The van der Waals surface area contributed by atoms with E-state index in [1.54, 1.807) is 42.5 Å². The van der Waals surface area contributed by atoms with Crippen LogP contribution in [0.15, 0.2) is 42.5 Å². The van der Waals surface area contributed by atoms with Gasteiger partial charge in [-0.25, -0.2) is 0 Å². The SMILES string of the molecule is CC[C@@H](Oc1ccccc1Cl)C(=O)Nc1ccc(OC)c(Cl)c1. The van der Waals surface area contributed by atoms with Gasteiger partial charge in [0.25, 0.3) is 5.91 Å². The van der Waals surface area contributed by atoms with Crippen LogP contribution in [0.5, 0.6) is 11.5 Å². The van der Waals surface area contributed by atoms with Gasteiger partial charge in [0.1, 0.15) is 11.5 Å². The number of para-hydroxylation sites is 1. The lowest BCUT2D eigenvalue weighted by Crippen LogP contribution is -2.32. The lowest BCUT2D eigenvalue weighted by molar-refractivity contribution is -0.122. The van der Waals surface area contributed by atoms with Gasteiger partial charge in [0, 0.05) is 5.69 Å². The summed E-state index contributed by atoms with van der Waals surface area (Å²) >= 11 is 12.1. The second-order valence-corrected chi connectivity index (χ2v) is 5.60. The maximum Gasteiger partial charge on any atom is 0.265 e. The predicted molar refractivity (Wildman–Crippen MR) is 92.8 cm³/mol. The van der Waals surface area contributed by atoms with Crippen LogP contribution in [0.3, 0.4) is 0 Å². The van der Waals surface area contributed by atoms with E-state index in [-0.39, 0.29) is 5.91 Å². The number of halogens is 2. The molecule has 0 aliphatic rings. The normalized spacial score (nSPS) is 11.7. The summed E-state index contributed by atoms with van der Waals surface area (Å²) in [5.74, 6) is 0.751. The van der Waals surface area contributed by atoms with Crippen molar-refractivity contribution in [3.05, 3.63) is 52.5 Å². The van der Waals surface area contributed by atoms with Crippen molar-refractivity contribution in [1.29, 1.82) is 0 Å². The number of nitrogens with one attached hydrogen (secondary N) is 1. The summed E-state index contributed by atoms with van der Waals surface area (Å²) < 4.78 is 10.8. The summed E-state index contributed by atoms with van der Waals surface area (Å²) in [7, 11) is 1.53. The topological polar surface area (TPSA) is 47.6 Å². The van der Waals surface area contributed by atoms with E-state index in [4.69, 9.17) is 32.7 Å². The molecule has 2 aromatic rings. The van der Waals surface area contributed by atoms with Crippen LogP contribution in [0.25, 0.3) is 0 Å². The minimum Gasteiger partial charge on any atom is -0.495 e. The number of carbonyl (C=O) groups is 1. The molecular weight excluding hydrogens is 337 g/mol. The maximum atomic E-state index is 12.4. The lowest BCUT2D eigenvalue weighted by atomic mass is 10.2. The summed E-state index contributed by atoms with van der Waals surface area (Å²) in [6, 6.07) is 12.1. The van der Waals surface area contributed by atoms with Crippen LogP contribution >= 0.6 is 23.2 Å². The third-order valence-electron chi connectivity index (χ3n) is 3.19. The minimum atomic E-state index is -0.657. The van der Waals surface area contributed by atoms with E-state index in [1.165, 1.54) is 7.11 Å². The molecule has 0 saturated heterocycles. The fourth-order valence-corrected chi connectivity index (χ4v) is 2.42. The summed E-state index contributed by atoms with van der Waals surface area (Å²) in [4.78, 5) is 12.4. The Bertz CT molecular complexity index is 691. The average molecular weight is 354 g/mol. The van der Waals surface area contributed by atoms with Gasteiger partial charge >= 0.3 is 0 Å². The van der Waals surface area contributed by atoms with Crippen LogP contribution in [-0.2, 0) is 4.79 Å². The predicted octanol–water partition coefficient (Wildman–Crippen LogP) is 4.80. The molecule has 2 rings (SSSR count). The first-order valence-corrected chi connectivity index (χ1v) is 7.86. The van der Waals surface area contributed by atoms with Crippen LogP contribution in [0, 0.1) is 0 Å². The molecular formula is C17H17Cl2NO3. The first-order chi connectivity index (χ1) is 11.0. The van der Waals surface area contributed by atoms with Crippen LogP contribution in [0.1, 0.15) is 13.3 Å². The Kier molecular flexibility index (Phi) is 6.13. The molecule has 1 N–H and O–H groups in total. The molecule has 0 aliphatic carbocycles. The highest BCUT2D eigenvalue weighted by molar-refractivity contribution is 6.32. The molecule has 0 spiro atoms. The Morgan fingerprint density at radius 1 is 1.13 bits per heavy atom. The third-order valence-corrected chi connectivity index (χ3v) is 3.80. The molecule has 0 unspecified atom stereocenters. The quantitative estimate of drug-likeness (QED) is 0.811. The van der Waals surface area contributed by atoms with Crippen LogP contribution in [0.2, 0.25) is 10.0 Å². The van der Waals surface area contributed by atoms with Gasteiger partial charge in [-0.05, 0) is 36.8 Å². The highest BCUT2D eigenvalue weighted by Gasteiger charge is 2.20. The third kappa shape index (κ3) is 4.53. The second kappa shape index (κ2) is 8.09. The van der Waals surface area contributed by atoms with E-state index in [0.717, 1.165) is 0 Å². The van der Waals surface area contributed by atoms with E-state index in [9.17, 15) is 4.79 Å². The van der Waals surface area contributed by atoms with Crippen molar-refractivity contribution in [3.8, 4) is 11.5 Å². The van der Waals surface area contributed by atoms with Crippen molar-refractivity contribution in [2.45, 2.75) is 19.4 Å². The van der Waals surface area contributed by atoms with Crippen molar-refractivity contribution in [2.75, 3.05) is 12.4 Å². The molecule has 6 heteroatoms. The van der Waals surface area contributed by atoms with Crippen molar-refractivity contribution < 1.29 is 14.3 Å². The molecule has 4 nitrogen and oxygen atoms in total. The molecule has 0 fully saturated rings. The van der Waals surface area contributed by atoms with Gasteiger partial charge in [-0.3, -0.25) is 4.79 Å². The molecule has 0 heterocycles. The molecule has 0 aromatic heterocycles. The molecule has 2 aromatic carbocycles. The standard InChI is InChI=1S/C17H17Cl2NO3/c1-3-14(23-16-7-5-4-6-12(16)18)17(21)20-11-8-9-15(22-2)13(19)10-11/h4-10,14H,3H2,1-2H3,(H,20,21)/t14-/m1/s1. The van der Waals surface area contributed by atoms with Crippen molar-refractivity contribution in [1.82, 2.24) is 0 Å². The summed E-state index contributed by atoms with van der Waals surface area (Å²) in [5.41, 5.74) is 0.571. The monoisotopic (exact) mass is 353 g/mol. The molecule has 0 bridgehead atoms. The number of anilines is 1. The number of methoxy groups -OCH3 is 1. The molecule has 0 saturated carbocycles. The number of benzene rings is 2. The van der Waals surface area contributed by atoms with E-state index < -0.39 is 6.10 Å². The number of hydrogen-bond acceptors (Lipinski definition) is 3. The van der Waals surface area contributed by atoms with Crippen molar-refractivity contribution in [3.63, 3.8) is 0 Å². The zero-order valence-corrected chi connectivity index (χ0v) is 14.3. The van der Waals surface area contributed by atoms with Gasteiger partial charge < -0.3 is 14.8 Å². The van der Waals surface area contributed by atoms with Crippen LogP contribution in [0.4, 0.5) is 5.69 Å². The molecule has 0 radical (unpaired) electrons. The molecule has 1 amide bonds. The molecule has 122 valence electrons. The highest BCUT2D eigenvalue weighted by atomic mass is 35.5. The Balaban J connectivity index is 2.08. The highest BCUT2D eigenvalue weighted by Crippen LogP contribution is 2.28. The number of rotatable bonds is 6. The average Bonchev–Trinajstić information content (AvgIpc) is 2.54. The molecule has 1 atom stereocenters. The van der Waals surface area contributed by atoms with E-state index >= 15 is 0 Å². The Hall–Kier alpha value is -1.91. The second-order valence-electron chi connectivity index (χ2n) is 4.78. The number of carbonyl (C=O) groups excluding carboxylic acids is 1. The van der Waals surface area contributed by atoms with Crippen LogP contribution < -0.4 is 14.8 Å². The minimum absolute atomic E-state index is 0.270. The van der Waals surface area contributed by atoms with E-state index in [1.807, 2.05) is 6.92 Å². The Morgan fingerprint density at radius 2 is 1.87 bits per heavy atom. The smallest absolute Gasteiger partial charge is 0.265 e. The number of hydrogen-bond donors (Lipinski definition) is 1. The van der Waals surface area contributed by atoms with Crippen LogP contribution in [-0.4, -0.2) is 19.1 Å². The Labute approximate surface area is 145 Å². The van der Waals surface area contributed by atoms with Gasteiger partial charge in [0.2, 0.25) is 0 Å². The van der Waals surface area contributed by atoms with E-state index in [0.29, 0.717) is 33.7 Å². The maximum absolute atomic E-state index is 12.4. The van der Waals surface area contributed by atoms with Gasteiger partial charge in [-0.15, -0.1) is 0 Å². The van der Waals surface area contributed by atoms with Gasteiger partial charge in [-0.2, -0.15) is 0 Å². The number of ether oxygens (including phenoxy) is 2. The van der Waals surface area contributed by atoms with Gasteiger partial charge in [-0.1, -0.05) is 42.3 Å². The van der Waals surface area contributed by atoms with Gasteiger partial charge in [0.05, 0.1) is 17.2 Å². The first-order valence-electron chi connectivity index (χ1n) is 7.10. The van der Waals surface area contributed by atoms with Crippen molar-refractivity contribution in [2.24, 2.45) is 0 Å². The molecule has 23 heavy (non-hydrogen) atoms. The fraction of sp³-hybridized carbons (Fsp3) is 0.235. The van der Waals surface area contributed by atoms with Gasteiger partial charge in [0.15, 0.2) is 6.10 Å². The first kappa shape index (κ1) is 17.4. The summed E-state index contributed by atoms with van der Waals surface area (Å²) in [6.45, 7) is 1.86. The largest absolute Gasteiger partial charge is 0.495 e. The zero-order chi connectivity index (χ0) is 16.8. The molecule has 0 aliphatic heterocycles. The number of amides is 1. The van der Waals surface area contributed by atoms with E-state index in [2.05, 4.69) is 5.32 Å². The fourth-order valence-electron chi connectivity index (χ4n) is 1.98. The summed E-state index contributed by atoms with van der Waals surface area (Å²) in [6.07, 6.45) is -0.156. The lowest BCUT2D eigenvalue weighted by Gasteiger charge is -2.18. The summed E-state index contributed by atoms with van der Waals surface area (Å²) in [5, 5.41) is 3.66. The van der Waals surface area contributed by atoms with Crippen molar-refractivity contribution >= 4 is 34.8 Å². The Morgan fingerprint density at radius 3 is 2.48 bits per heavy atom. The zero-order valence-electron chi connectivity index (χ0n) is 12.8.